The maximum absolute atomic E-state index is 10.5. The van der Waals surface area contributed by atoms with Crippen LogP contribution < -0.4 is 0 Å². The highest BCUT2D eigenvalue weighted by Gasteiger charge is 2.17. The molecule has 24 heavy (non-hydrogen) atoms. The summed E-state index contributed by atoms with van der Waals surface area (Å²) in [4.78, 5) is 13.8. The van der Waals surface area contributed by atoms with E-state index in [1.165, 1.54) is 22.9 Å². The molecule has 0 atom stereocenters. The van der Waals surface area contributed by atoms with Crippen LogP contribution in [0.2, 0.25) is 0 Å². The van der Waals surface area contributed by atoms with Gasteiger partial charge in [-0.2, -0.15) is 8.42 Å². The second kappa shape index (κ2) is 8.52. The minimum atomic E-state index is -4.02. The lowest BCUT2D eigenvalue weighted by Gasteiger charge is -2.00. The number of aliphatic hydroxyl groups excluding tert-OH is 1. The molecule has 0 radical (unpaired) electrons. The molecule has 0 aliphatic rings. The smallest absolute Gasteiger partial charge is 0.342 e. The number of nitrogens with zero attached hydrogens (tertiary/aromatic N) is 3. The summed E-state index contributed by atoms with van der Waals surface area (Å²) in [6.45, 7) is 3.80. The molecule has 2 aromatic rings. The molecule has 1 heterocycles. The van der Waals surface area contributed by atoms with Crippen LogP contribution >= 0.6 is 0 Å². The van der Waals surface area contributed by atoms with Crippen LogP contribution in [0.15, 0.2) is 35.4 Å². The maximum Gasteiger partial charge on any atom is 0.342 e. The van der Waals surface area contributed by atoms with Gasteiger partial charge in [-0.25, -0.2) is 9.55 Å². The van der Waals surface area contributed by atoms with Gasteiger partial charge in [0.25, 0.3) is 10.1 Å². The van der Waals surface area contributed by atoms with Gasteiger partial charge in [-0.05, 0) is 24.0 Å². The minimum Gasteiger partial charge on any atom is -0.392 e. The first kappa shape index (κ1) is 19.7. The Morgan fingerprint density at radius 1 is 1.29 bits per heavy atom. The molecule has 0 bridgehead atoms. The average Bonchev–Trinajstić information content (AvgIpc) is 2.91. The Morgan fingerprint density at radius 3 is 2.29 bits per heavy atom. The lowest BCUT2D eigenvalue weighted by Crippen LogP contribution is -2.09. The van der Waals surface area contributed by atoms with Crippen LogP contribution in [0, 0.1) is 17.0 Å². The molecule has 0 aliphatic carbocycles. The van der Waals surface area contributed by atoms with Gasteiger partial charge >= 0.3 is 5.82 Å². The van der Waals surface area contributed by atoms with Gasteiger partial charge in [0.1, 0.15) is 12.7 Å². The number of imidazole rings is 1. The molecule has 0 aliphatic heterocycles. The number of rotatable bonds is 5. The summed E-state index contributed by atoms with van der Waals surface area (Å²) in [5.41, 5.74) is 0.956. The van der Waals surface area contributed by atoms with Crippen molar-refractivity contribution >= 4 is 15.9 Å². The monoisotopic (exact) mass is 357 g/mol. The summed E-state index contributed by atoms with van der Waals surface area (Å²) in [6.07, 6.45) is 1.84. The molecule has 0 fully saturated rings. The first-order valence-electron chi connectivity index (χ1n) is 7.04. The van der Waals surface area contributed by atoms with Crippen molar-refractivity contribution in [2.75, 3.05) is 6.61 Å². The SMILES string of the molecule is CCc1ncc([N+](=O)[O-])n1CCO.Cc1ccc(S(=O)(=O)O)cc1. The first-order chi connectivity index (χ1) is 11.2. The number of benzene rings is 1. The molecular formula is C14H19N3O6S. The standard InChI is InChI=1S/C7H11N3O3.C7H8O3S/c1-2-6-8-5-7(10(12)13)9(6)3-4-11;1-6-2-4-7(5-3-6)11(8,9)10/h5,11H,2-4H2,1H3;2-5H,1H3,(H,8,9,10). The highest BCUT2D eigenvalue weighted by atomic mass is 32.2. The van der Waals surface area contributed by atoms with Gasteiger partial charge in [-0.1, -0.05) is 24.6 Å². The van der Waals surface area contributed by atoms with E-state index in [4.69, 9.17) is 9.66 Å². The van der Waals surface area contributed by atoms with E-state index in [0.717, 1.165) is 5.56 Å². The topological polar surface area (TPSA) is 136 Å². The summed E-state index contributed by atoms with van der Waals surface area (Å²) in [6, 6.07) is 5.99. The van der Waals surface area contributed by atoms with Crippen molar-refractivity contribution in [3.05, 3.63) is 52.0 Å². The van der Waals surface area contributed by atoms with E-state index in [0.29, 0.717) is 12.2 Å². The van der Waals surface area contributed by atoms with Gasteiger partial charge in [0, 0.05) is 6.42 Å². The van der Waals surface area contributed by atoms with Gasteiger partial charge in [-0.15, -0.1) is 0 Å². The lowest BCUT2D eigenvalue weighted by atomic mass is 10.2. The highest BCUT2D eigenvalue weighted by Crippen LogP contribution is 2.13. The Morgan fingerprint density at radius 2 is 1.88 bits per heavy atom. The zero-order valence-electron chi connectivity index (χ0n) is 13.3. The molecule has 9 nitrogen and oxygen atoms in total. The summed E-state index contributed by atoms with van der Waals surface area (Å²) in [5.74, 6) is 0.562. The third-order valence-corrected chi connectivity index (χ3v) is 3.93. The van der Waals surface area contributed by atoms with Crippen LogP contribution in [-0.4, -0.2) is 39.2 Å². The number of aromatic nitrogens is 2. The van der Waals surface area contributed by atoms with Crippen LogP contribution in [0.1, 0.15) is 18.3 Å². The second-order valence-corrected chi connectivity index (χ2v) is 6.23. The Balaban J connectivity index is 0.000000243. The van der Waals surface area contributed by atoms with Crippen molar-refractivity contribution in [2.45, 2.75) is 31.7 Å². The first-order valence-corrected chi connectivity index (χ1v) is 8.48. The van der Waals surface area contributed by atoms with Crippen molar-refractivity contribution in [2.24, 2.45) is 0 Å². The van der Waals surface area contributed by atoms with Gasteiger partial charge in [-0.3, -0.25) is 4.55 Å². The minimum absolute atomic E-state index is 0.0640. The number of aryl methyl sites for hydroxylation is 2. The molecule has 0 saturated heterocycles. The molecule has 0 spiro atoms. The zero-order chi connectivity index (χ0) is 18.3. The van der Waals surface area contributed by atoms with Crippen molar-refractivity contribution in [1.29, 1.82) is 0 Å². The second-order valence-electron chi connectivity index (χ2n) is 4.81. The van der Waals surface area contributed by atoms with E-state index < -0.39 is 15.0 Å². The van der Waals surface area contributed by atoms with Crippen molar-refractivity contribution in [3.63, 3.8) is 0 Å². The van der Waals surface area contributed by atoms with Crippen molar-refractivity contribution in [1.82, 2.24) is 9.55 Å². The third-order valence-electron chi connectivity index (χ3n) is 3.06. The molecule has 132 valence electrons. The molecule has 0 unspecified atom stereocenters. The zero-order valence-corrected chi connectivity index (χ0v) is 14.1. The number of aliphatic hydroxyl groups is 1. The van der Waals surface area contributed by atoms with E-state index in [2.05, 4.69) is 4.98 Å². The normalized spacial score (nSPS) is 10.8. The van der Waals surface area contributed by atoms with E-state index in [9.17, 15) is 18.5 Å². The third kappa shape index (κ3) is 5.41. The fourth-order valence-electron chi connectivity index (χ4n) is 1.89. The van der Waals surface area contributed by atoms with Gasteiger partial charge in [0.15, 0.2) is 5.82 Å². The summed E-state index contributed by atoms with van der Waals surface area (Å²) >= 11 is 0. The van der Waals surface area contributed by atoms with Crippen LogP contribution in [0.5, 0.6) is 0 Å². The average molecular weight is 357 g/mol. The van der Waals surface area contributed by atoms with Gasteiger partial charge in [0.05, 0.1) is 11.5 Å². The molecular weight excluding hydrogens is 338 g/mol. The fraction of sp³-hybridized carbons (Fsp3) is 0.357. The van der Waals surface area contributed by atoms with Crippen molar-refractivity contribution < 1.29 is 23.0 Å². The quantitative estimate of drug-likeness (QED) is 0.471. The predicted octanol–water partition coefficient (Wildman–Crippen LogP) is 1.59. The summed E-state index contributed by atoms with van der Waals surface area (Å²) < 4.78 is 31.0. The molecule has 0 saturated carbocycles. The Hall–Kier alpha value is -2.30. The predicted molar refractivity (Wildman–Crippen MR) is 86.3 cm³/mol. The Labute approximate surface area is 139 Å². The van der Waals surface area contributed by atoms with E-state index in [1.807, 2.05) is 13.8 Å². The van der Waals surface area contributed by atoms with E-state index >= 15 is 0 Å². The molecule has 1 aromatic carbocycles. The number of hydrogen-bond donors (Lipinski definition) is 2. The van der Waals surface area contributed by atoms with Crippen LogP contribution in [0.4, 0.5) is 5.82 Å². The van der Waals surface area contributed by atoms with Crippen LogP contribution in [-0.2, 0) is 23.1 Å². The number of hydrogen-bond acceptors (Lipinski definition) is 6. The maximum atomic E-state index is 10.5. The van der Waals surface area contributed by atoms with Gasteiger partial charge < -0.3 is 15.2 Å². The Bertz CT molecular complexity index is 783. The lowest BCUT2D eigenvalue weighted by molar-refractivity contribution is -0.392. The molecule has 1 aromatic heterocycles. The van der Waals surface area contributed by atoms with E-state index in [-0.39, 0.29) is 23.9 Å². The van der Waals surface area contributed by atoms with E-state index in [1.54, 1.807) is 12.1 Å². The van der Waals surface area contributed by atoms with Crippen molar-refractivity contribution in [3.8, 4) is 0 Å². The molecule has 2 N–H and O–H groups in total. The number of nitro groups is 1. The van der Waals surface area contributed by atoms with Crippen LogP contribution in [0.25, 0.3) is 0 Å². The summed E-state index contributed by atoms with van der Waals surface area (Å²) in [5, 5.41) is 19.2. The molecule has 10 heteroatoms. The molecule has 0 amide bonds. The summed E-state index contributed by atoms with van der Waals surface area (Å²) in [7, 11) is -4.02. The molecule has 2 rings (SSSR count). The fourth-order valence-corrected chi connectivity index (χ4v) is 2.37. The Kier molecular flexibility index (Phi) is 7.01. The van der Waals surface area contributed by atoms with Crippen LogP contribution in [0.3, 0.4) is 0 Å². The van der Waals surface area contributed by atoms with Gasteiger partial charge in [0.2, 0.25) is 0 Å². The highest BCUT2D eigenvalue weighted by molar-refractivity contribution is 7.85. The largest absolute Gasteiger partial charge is 0.392 e.